The lowest BCUT2D eigenvalue weighted by Crippen LogP contribution is -2.44. The molecule has 2 rings (SSSR count). The van der Waals surface area contributed by atoms with Crippen molar-refractivity contribution in [1.82, 2.24) is 20.5 Å². The second kappa shape index (κ2) is 7.85. The molecular formula is C15H25N5. The summed E-state index contributed by atoms with van der Waals surface area (Å²) in [5.74, 6) is 0.876. The van der Waals surface area contributed by atoms with E-state index in [1.807, 2.05) is 31.4 Å². The Labute approximate surface area is 121 Å². The summed E-state index contributed by atoms with van der Waals surface area (Å²) < 4.78 is 0. The van der Waals surface area contributed by atoms with Crippen LogP contribution in [0, 0.1) is 0 Å². The van der Waals surface area contributed by atoms with E-state index >= 15 is 0 Å². The molecule has 5 nitrogen and oxygen atoms in total. The number of nitrogens with one attached hydrogen (secondary N) is 2. The van der Waals surface area contributed by atoms with Crippen LogP contribution < -0.4 is 10.6 Å². The topological polar surface area (TPSA) is 52.6 Å². The first-order valence-corrected chi connectivity index (χ1v) is 7.34. The van der Waals surface area contributed by atoms with Gasteiger partial charge in [0.15, 0.2) is 5.96 Å². The quantitative estimate of drug-likeness (QED) is 0.619. The molecule has 1 aliphatic rings. The Hall–Kier alpha value is -1.62. The number of aliphatic imine (C=N–C) groups is 1. The zero-order valence-electron chi connectivity index (χ0n) is 12.5. The number of pyridine rings is 1. The molecule has 1 aromatic heterocycles. The molecule has 0 bridgehead atoms. The van der Waals surface area contributed by atoms with E-state index in [0.717, 1.165) is 31.2 Å². The summed E-state index contributed by atoms with van der Waals surface area (Å²) in [5, 5.41) is 6.74. The van der Waals surface area contributed by atoms with E-state index in [1.54, 1.807) is 0 Å². The van der Waals surface area contributed by atoms with Gasteiger partial charge in [0.05, 0.1) is 0 Å². The highest BCUT2D eigenvalue weighted by Gasteiger charge is 2.20. The molecular weight excluding hydrogens is 250 g/mol. The van der Waals surface area contributed by atoms with Crippen LogP contribution in [0.5, 0.6) is 0 Å². The Morgan fingerprint density at radius 1 is 1.45 bits per heavy atom. The molecule has 1 fully saturated rings. The van der Waals surface area contributed by atoms with Gasteiger partial charge in [-0.1, -0.05) is 6.07 Å². The molecule has 0 amide bonds. The average Bonchev–Trinajstić information content (AvgIpc) is 2.89. The largest absolute Gasteiger partial charge is 0.356 e. The first-order valence-electron chi connectivity index (χ1n) is 7.34. The zero-order valence-corrected chi connectivity index (χ0v) is 12.5. The number of nitrogens with zero attached hydrogens (tertiary/aromatic N) is 3. The predicted octanol–water partition coefficient (Wildman–Crippen LogP) is 0.883. The molecule has 0 saturated carbocycles. The molecule has 20 heavy (non-hydrogen) atoms. The van der Waals surface area contributed by atoms with E-state index in [1.165, 1.54) is 19.4 Å². The maximum atomic E-state index is 4.31. The van der Waals surface area contributed by atoms with Crippen LogP contribution in [0.2, 0.25) is 0 Å². The number of likely N-dealkylation sites (tertiary alicyclic amines) is 1. The Morgan fingerprint density at radius 3 is 3.00 bits per heavy atom. The van der Waals surface area contributed by atoms with Gasteiger partial charge in [-0.3, -0.25) is 9.98 Å². The molecule has 5 heteroatoms. The van der Waals surface area contributed by atoms with Crippen molar-refractivity contribution in [3.63, 3.8) is 0 Å². The lowest BCUT2D eigenvalue weighted by Gasteiger charge is -2.21. The summed E-state index contributed by atoms with van der Waals surface area (Å²) in [7, 11) is 4.01. The number of hydrogen-bond donors (Lipinski definition) is 2. The SMILES string of the molecule is CN=C(NCCc1ccccn1)NCC1CCCN1C. The molecule has 0 spiro atoms. The van der Waals surface area contributed by atoms with Crippen molar-refractivity contribution < 1.29 is 0 Å². The minimum atomic E-state index is 0.629. The normalized spacial score (nSPS) is 20.1. The van der Waals surface area contributed by atoms with Gasteiger partial charge in [-0.2, -0.15) is 0 Å². The Balaban J connectivity index is 1.67. The van der Waals surface area contributed by atoms with Crippen LogP contribution in [0.3, 0.4) is 0 Å². The van der Waals surface area contributed by atoms with E-state index in [-0.39, 0.29) is 0 Å². The minimum absolute atomic E-state index is 0.629. The first-order chi connectivity index (χ1) is 9.79. The highest BCUT2D eigenvalue weighted by molar-refractivity contribution is 5.79. The standard InChI is InChI=1S/C15H25N5/c1-16-15(19-12-14-7-5-11-20(14)2)18-10-8-13-6-3-4-9-17-13/h3-4,6,9,14H,5,7-8,10-12H2,1-2H3,(H2,16,18,19). The van der Waals surface area contributed by atoms with Crippen molar-refractivity contribution >= 4 is 5.96 Å². The van der Waals surface area contributed by atoms with E-state index in [0.29, 0.717) is 6.04 Å². The molecule has 2 N–H and O–H groups in total. The third-order valence-corrected chi connectivity index (χ3v) is 3.80. The second-order valence-electron chi connectivity index (χ2n) is 5.23. The molecule has 1 aromatic rings. The van der Waals surface area contributed by atoms with Gasteiger partial charge in [-0.25, -0.2) is 0 Å². The molecule has 1 unspecified atom stereocenters. The third-order valence-electron chi connectivity index (χ3n) is 3.80. The number of rotatable bonds is 5. The maximum absolute atomic E-state index is 4.31. The first kappa shape index (κ1) is 14.8. The van der Waals surface area contributed by atoms with Gasteiger partial charge in [-0.05, 0) is 38.6 Å². The number of aromatic nitrogens is 1. The monoisotopic (exact) mass is 275 g/mol. The van der Waals surface area contributed by atoms with E-state index in [9.17, 15) is 0 Å². The van der Waals surface area contributed by atoms with Crippen molar-refractivity contribution in [2.45, 2.75) is 25.3 Å². The van der Waals surface area contributed by atoms with E-state index in [4.69, 9.17) is 0 Å². The fraction of sp³-hybridized carbons (Fsp3) is 0.600. The second-order valence-corrected chi connectivity index (χ2v) is 5.23. The van der Waals surface area contributed by atoms with Gasteiger partial charge < -0.3 is 15.5 Å². The summed E-state index contributed by atoms with van der Waals surface area (Å²) in [6.07, 6.45) is 5.31. The number of guanidine groups is 1. The molecule has 0 aliphatic carbocycles. The van der Waals surface area contributed by atoms with Gasteiger partial charge in [0, 0.05) is 44.5 Å². The van der Waals surface area contributed by atoms with Gasteiger partial charge in [0.25, 0.3) is 0 Å². The molecule has 0 radical (unpaired) electrons. The van der Waals surface area contributed by atoms with Crippen LogP contribution in [0.25, 0.3) is 0 Å². The van der Waals surface area contributed by atoms with Crippen molar-refractivity contribution in [2.75, 3.05) is 33.7 Å². The third kappa shape index (κ3) is 4.49. The van der Waals surface area contributed by atoms with Crippen molar-refractivity contribution in [3.8, 4) is 0 Å². The average molecular weight is 275 g/mol. The number of likely N-dealkylation sites (N-methyl/N-ethyl adjacent to an activating group) is 1. The van der Waals surface area contributed by atoms with Gasteiger partial charge in [-0.15, -0.1) is 0 Å². The van der Waals surface area contributed by atoms with Gasteiger partial charge >= 0.3 is 0 Å². The van der Waals surface area contributed by atoms with Crippen LogP contribution >= 0.6 is 0 Å². The molecule has 1 saturated heterocycles. The van der Waals surface area contributed by atoms with Crippen LogP contribution in [0.1, 0.15) is 18.5 Å². The Kier molecular flexibility index (Phi) is 5.80. The van der Waals surface area contributed by atoms with Gasteiger partial charge in [0.2, 0.25) is 0 Å². The lowest BCUT2D eigenvalue weighted by atomic mass is 10.2. The minimum Gasteiger partial charge on any atom is -0.356 e. The fourth-order valence-corrected chi connectivity index (χ4v) is 2.53. The van der Waals surface area contributed by atoms with Crippen molar-refractivity contribution in [1.29, 1.82) is 0 Å². The summed E-state index contributed by atoms with van der Waals surface area (Å²) in [5.41, 5.74) is 1.10. The number of hydrogen-bond acceptors (Lipinski definition) is 3. The Bertz CT molecular complexity index is 418. The summed E-state index contributed by atoms with van der Waals surface area (Å²) in [6.45, 7) is 3.01. The fourth-order valence-electron chi connectivity index (χ4n) is 2.53. The van der Waals surface area contributed by atoms with Crippen molar-refractivity contribution in [3.05, 3.63) is 30.1 Å². The van der Waals surface area contributed by atoms with Crippen LogP contribution in [-0.4, -0.2) is 55.6 Å². The summed E-state index contributed by atoms with van der Waals surface area (Å²) in [4.78, 5) is 11.0. The molecule has 2 heterocycles. The smallest absolute Gasteiger partial charge is 0.191 e. The predicted molar refractivity (Wildman–Crippen MR) is 83.0 cm³/mol. The molecule has 110 valence electrons. The van der Waals surface area contributed by atoms with E-state index in [2.05, 4.69) is 32.6 Å². The molecule has 1 aliphatic heterocycles. The molecule has 0 aromatic carbocycles. The van der Waals surface area contributed by atoms with Crippen molar-refractivity contribution in [2.24, 2.45) is 4.99 Å². The highest BCUT2D eigenvalue weighted by atomic mass is 15.2. The summed E-state index contributed by atoms with van der Waals surface area (Å²) in [6, 6.07) is 6.64. The summed E-state index contributed by atoms with van der Waals surface area (Å²) >= 11 is 0. The maximum Gasteiger partial charge on any atom is 0.191 e. The Morgan fingerprint density at radius 2 is 2.35 bits per heavy atom. The van der Waals surface area contributed by atoms with Crippen LogP contribution in [0.4, 0.5) is 0 Å². The van der Waals surface area contributed by atoms with Gasteiger partial charge in [0.1, 0.15) is 0 Å². The molecule has 1 atom stereocenters. The van der Waals surface area contributed by atoms with Crippen LogP contribution in [-0.2, 0) is 6.42 Å². The van der Waals surface area contributed by atoms with E-state index < -0.39 is 0 Å². The lowest BCUT2D eigenvalue weighted by molar-refractivity contribution is 0.309. The highest BCUT2D eigenvalue weighted by Crippen LogP contribution is 2.13. The zero-order chi connectivity index (χ0) is 14.2. The van der Waals surface area contributed by atoms with Crippen LogP contribution in [0.15, 0.2) is 29.4 Å².